The minimum absolute atomic E-state index is 0.0164. The molecule has 3 saturated heterocycles. The summed E-state index contributed by atoms with van der Waals surface area (Å²) in [6.45, 7) is 10.3. The SMILES string of the molecule is C[C@H]1[C@@H](C2COC(C)(C)O2)OC2OC(C)(C)O[C@@H]21. The molecule has 0 amide bonds. The molecule has 5 heteroatoms. The number of rotatable bonds is 1. The van der Waals surface area contributed by atoms with Crippen molar-refractivity contribution in [3.63, 3.8) is 0 Å². The summed E-state index contributed by atoms with van der Waals surface area (Å²) in [5, 5.41) is 0. The largest absolute Gasteiger partial charge is 0.348 e. The Morgan fingerprint density at radius 3 is 2.17 bits per heavy atom. The van der Waals surface area contributed by atoms with Gasteiger partial charge in [-0.2, -0.15) is 0 Å². The molecule has 18 heavy (non-hydrogen) atoms. The minimum atomic E-state index is -0.555. The van der Waals surface area contributed by atoms with Gasteiger partial charge in [0.05, 0.1) is 12.7 Å². The molecule has 0 aromatic rings. The van der Waals surface area contributed by atoms with Crippen LogP contribution >= 0.6 is 0 Å². The Hall–Kier alpha value is -0.200. The third kappa shape index (κ3) is 2.08. The van der Waals surface area contributed by atoms with Gasteiger partial charge in [-0.1, -0.05) is 6.92 Å². The van der Waals surface area contributed by atoms with Crippen molar-refractivity contribution in [3.8, 4) is 0 Å². The fraction of sp³-hybridized carbons (Fsp3) is 1.00. The smallest absolute Gasteiger partial charge is 0.187 e. The molecule has 0 spiro atoms. The first-order chi connectivity index (χ1) is 8.27. The summed E-state index contributed by atoms with van der Waals surface area (Å²) in [6, 6.07) is 0. The maximum absolute atomic E-state index is 5.96. The maximum Gasteiger partial charge on any atom is 0.187 e. The molecule has 5 atom stereocenters. The molecular formula is C13H22O5. The molecule has 0 N–H and O–H groups in total. The zero-order valence-corrected chi connectivity index (χ0v) is 11.6. The second-order valence-corrected chi connectivity index (χ2v) is 6.30. The molecule has 3 heterocycles. The predicted octanol–water partition coefficient (Wildman–Crippen LogP) is 1.65. The highest BCUT2D eigenvalue weighted by molar-refractivity contribution is 4.95. The molecule has 0 bridgehead atoms. The zero-order valence-electron chi connectivity index (χ0n) is 11.6. The van der Waals surface area contributed by atoms with Crippen molar-refractivity contribution >= 4 is 0 Å². The summed E-state index contributed by atoms with van der Waals surface area (Å²) >= 11 is 0. The highest BCUT2D eigenvalue weighted by Gasteiger charge is 2.56. The normalized spacial score (nSPS) is 49.5. The van der Waals surface area contributed by atoms with E-state index in [4.69, 9.17) is 23.7 Å². The standard InChI is InChI=1S/C13H22O5/c1-7-9(8-6-14-12(2,3)16-8)15-11-10(7)17-13(4,5)18-11/h7-11H,6H2,1-5H3/t7-,8?,9-,10+,11?/m0/s1. The number of fused-ring (bicyclic) bond motifs is 1. The van der Waals surface area contributed by atoms with Gasteiger partial charge in [-0.25, -0.2) is 0 Å². The molecule has 5 nitrogen and oxygen atoms in total. The molecule has 2 unspecified atom stereocenters. The van der Waals surface area contributed by atoms with E-state index in [0.717, 1.165) is 0 Å². The van der Waals surface area contributed by atoms with Crippen LogP contribution in [0.4, 0.5) is 0 Å². The first kappa shape index (κ1) is 12.8. The van der Waals surface area contributed by atoms with Crippen LogP contribution < -0.4 is 0 Å². The lowest BCUT2D eigenvalue weighted by molar-refractivity contribution is -0.226. The Labute approximate surface area is 108 Å². The van der Waals surface area contributed by atoms with E-state index in [0.29, 0.717) is 6.61 Å². The summed E-state index contributed by atoms with van der Waals surface area (Å²) in [6.07, 6.45) is -0.376. The van der Waals surface area contributed by atoms with Crippen LogP contribution in [0.25, 0.3) is 0 Å². The molecule has 3 rings (SSSR count). The Balaban J connectivity index is 1.68. The summed E-state index contributed by atoms with van der Waals surface area (Å²) in [5.41, 5.74) is 0. The zero-order chi connectivity index (χ0) is 13.1. The quantitative estimate of drug-likeness (QED) is 0.715. The Morgan fingerprint density at radius 1 is 0.889 bits per heavy atom. The average Bonchev–Trinajstić information content (AvgIpc) is 2.81. The van der Waals surface area contributed by atoms with Gasteiger partial charge in [0, 0.05) is 5.92 Å². The predicted molar refractivity (Wildman–Crippen MR) is 62.8 cm³/mol. The van der Waals surface area contributed by atoms with Gasteiger partial charge in [0.1, 0.15) is 12.2 Å². The van der Waals surface area contributed by atoms with E-state index in [2.05, 4.69) is 6.92 Å². The van der Waals surface area contributed by atoms with Crippen molar-refractivity contribution in [1.82, 2.24) is 0 Å². The Bertz CT molecular complexity index is 340. The van der Waals surface area contributed by atoms with Gasteiger partial charge in [-0.05, 0) is 27.7 Å². The molecule has 3 aliphatic heterocycles. The van der Waals surface area contributed by atoms with Gasteiger partial charge >= 0.3 is 0 Å². The second kappa shape index (κ2) is 3.90. The maximum atomic E-state index is 5.96. The molecular weight excluding hydrogens is 236 g/mol. The van der Waals surface area contributed by atoms with Crippen LogP contribution in [-0.4, -0.2) is 42.8 Å². The first-order valence-corrected chi connectivity index (χ1v) is 6.60. The van der Waals surface area contributed by atoms with E-state index in [1.165, 1.54) is 0 Å². The van der Waals surface area contributed by atoms with Gasteiger partial charge in [0.2, 0.25) is 0 Å². The van der Waals surface area contributed by atoms with Crippen molar-refractivity contribution < 1.29 is 23.7 Å². The summed E-state index contributed by atoms with van der Waals surface area (Å²) in [4.78, 5) is 0. The van der Waals surface area contributed by atoms with E-state index >= 15 is 0 Å². The van der Waals surface area contributed by atoms with Crippen LogP contribution in [0.15, 0.2) is 0 Å². The summed E-state index contributed by atoms with van der Waals surface area (Å²) in [7, 11) is 0. The lowest BCUT2D eigenvalue weighted by Gasteiger charge is -2.27. The van der Waals surface area contributed by atoms with E-state index in [1.807, 2.05) is 27.7 Å². The monoisotopic (exact) mass is 258 g/mol. The topological polar surface area (TPSA) is 46.2 Å². The van der Waals surface area contributed by atoms with Crippen LogP contribution in [0.3, 0.4) is 0 Å². The molecule has 0 radical (unpaired) electrons. The Kier molecular flexibility index (Phi) is 2.78. The van der Waals surface area contributed by atoms with E-state index < -0.39 is 11.6 Å². The number of hydrogen-bond acceptors (Lipinski definition) is 5. The van der Waals surface area contributed by atoms with Gasteiger partial charge in [0.15, 0.2) is 17.9 Å². The van der Waals surface area contributed by atoms with Crippen LogP contribution in [0.2, 0.25) is 0 Å². The molecule has 104 valence electrons. The van der Waals surface area contributed by atoms with Crippen LogP contribution in [0.5, 0.6) is 0 Å². The van der Waals surface area contributed by atoms with Gasteiger partial charge in [-0.15, -0.1) is 0 Å². The fourth-order valence-electron chi connectivity index (χ4n) is 2.99. The fourth-order valence-corrected chi connectivity index (χ4v) is 2.99. The second-order valence-electron chi connectivity index (χ2n) is 6.30. The van der Waals surface area contributed by atoms with Crippen molar-refractivity contribution in [3.05, 3.63) is 0 Å². The van der Waals surface area contributed by atoms with Crippen LogP contribution in [0, 0.1) is 5.92 Å². The van der Waals surface area contributed by atoms with E-state index in [9.17, 15) is 0 Å². The van der Waals surface area contributed by atoms with Crippen LogP contribution in [-0.2, 0) is 23.7 Å². The lowest BCUT2D eigenvalue weighted by Crippen LogP contribution is -2.37. The number of hydrogen-bond donors (Lipinski definition) is 0. The molecule has 0 aromatic heterocycles. The molecule has 0 aliphatic carbocycles. The third-order valence-electron chi connectivity index (χ3n) is 3.81. The van der Waals surface area contributed by atoms with Crippen molar-refractivity contribution in [1.29, 1.82) is 0 Å². The van der Waals surface area contributed by atoms with Gasteiger partial charge < -0.3 is 23.7 Å². The summed E-state index contributed by atoms with van der Waals surface area (Å²) < 4.78 is 29.0. The molecule has 3 fully saturated rings. The highest BCUT2D eigenvalue weighted by atomic mass is 16.8. The summed E-state index contributed by atoms with van der Waals surface area (Å²) in [5.74, 6) is -0.841. The van der Waals surface area contributed by atoms with Crippen molar-refractivity contribution in [2.75, 3.05) is 6.61 Å². The first-order valence-electron chi connectivity index (χ1n) is 6.60. The van der Waals surface area contributed by atoms with E-state index in [1.54, 1.807) is 0 Å². The lowest BCUT2D eigenvalue weighted by atomic mass is 9.97. The average molecular weight is 258 g/mol. The van der Waals surface area contributed by atoms with Crippen LogP contribution in [0.1, 0.15) is 34.6 Å². The third-order valence-corrected chi connectivity index (χ3v) is 3.81. The molecule has 0 aromatic carbocycles. The van der Waals surface area contributed by atoms with Gasteiger partial charge in [0.25, 0.3) is 0 Å². The van der Waals surface area contributed by atoms with Crippen molar-refractivity contribution in [2.45, 2.75) is 70.8 Å². The number of ether oxygens (including phenoxy) is 5. The highest BCUT2D eigenvalue weighted by Crippen LogP contribution is 2.43. The molecule has 0 saturated carbocycles. The van der Waals surface area contributed by atoms with E-state index in [-0.39, 0.29) is 30.5 Å². The molecule has 3 aliphatic rings. The van der Waals surface area contributed by atoms with Crippen molar-refractivity contribution in [2.24, 2.45) is 5.92 Å². The van der Waals surface area contributed by atoms with Gasteiger partial charge in [-0.3, -0.25) is 0 Å². The minimum Gasteiger partial charge on any atom is -0.348 e. The Morgan fingerprint density at radius 2 is 1.61 bits per heavy atom.